The van der Waals surface area contributed by atoms with Crippen molar-refractivity contribution in [2.45, 2.75) is 36.1 Å². The molecule has 2 aliphatic rings. The van der Waals surface area contributed by atoms with Crippen LogP contribution in [0, 0.1) is 5.41 Å². The molecule has 0 heterocycles. The number of sulfone groups is 1. The van der Waals surface area contributed by atoms with Crippen LogP contribution in [0.25, 0.3) is 11.1 Å². The highest BCUT2D eigenvalue weighted by molar-refractivity contribution is 9.11. The molecule has 0 bridgehead atoms. The number of allylic oxidation sites excluding steroid dienone is 2. The molecule has 160 valence electrons. The van der Waals surface area contributed by atoms with E-state index in [-0.39, 0.29) is 5.41 Å². The molecule has 4 rings (SSSR count). The largest absolute Gasteiger partial charge is 0.501 e. The van der Waals surface area contributed by atoms with Gasteiger partial charge in [0.1, 0.15) is 5.75 Å². The molecule has 1 saturated carbocycles. The molecule has 0 aromatic heterocycles. The average molecular weight is 566 g/mol. The van der Waals surface area contributed by atoms with Crippen molar-refractivity contribution in [2.75, 3.05) is 7.11 Å². The van der Waals surface area contributed by atoms with E-state index in [1.165, 1.54) is 12.1 Å². The van der Waals surface area contributed by atoms with Gasteiger partial charge in [0.15, 0.2) is 0 Å². The van der Waals surface area contributed by atoms with Crippen molar-refractivity contribution in [2.24, 2.45) is 5.41 Å². The second kappa shape index (κ2) is 7.38. The Balaban J connectivity index is 1.78. The predicted octanol–water partition coefficient (Wildman–Crippen LogP) is 7.00. The van der Waals surface area contributed by atoms with Gasteiger partial charge in [0.25, 0.3) is 9.84 Å². The Kier molecular flexibility index (Phi) is 5.38. The minimum absolute atomic E-state index is 0.209. The number of methoxy groups -OCH3 is 1. The fourth-order valence-electron chi connectivity index (χ4n) is 4.01. The van der Waals surface area contributed by atoms with E-state index in [2.05, 4.69) is 31.9 Å². The zero-order chi connectivity index (χ0) is 21.9. The van der Waals surface area contributed by atoms with Crippen LogP contribution in [0.1, 0.15) is 36.8 Å². The standard InChI is InChI=1S/C21H17Br2F3O3S/c1-29-19-17(22)8-13(9-18(19)23)16-11-20(6-7-20)10-15(16)12-2-4-14(5-3-12)30(27,28)21(24,25)26/h2-5,8-9H,6-7,10-11H2,1H3. The Hall–Kier alpha value is -1.32. The first-order chi connectivity index (χ1) is 14.0. The van der Waals surface area contributed by atoms with Crippen molar-refractivity contribution in [1.29, 1.82) is 0 Å². The lowest BCUT2D eigenvalue weighted by Gasteiger charge is -2.13. The molecule has 0 unspecified atom stereocenters. The molecule has 2 aromatic rings. The van der Waals surface area contributed by atoms with Crippen LogP contribution >= 0.6 is 31.9 Å². The number of hydrogen-bond acceptors (Lipinski definition) is 3. The van der Waals surface area contributed by atoms with Gasteiger partial charge in [-0.05, 0) is 109 Å². The van der Waals surface area contributed by atoms with E-state index in [0.29, 0.717) is 5.75 Å². The molecule has 0 amide bonds. The Labute approximate surface area is 189 Å². The van der Waals surface area contributed by atoms with Crippen molar-refractivity contribution in [3.63, 3.8) is 0 Å². The third-order valence-corrected chi connectivity index (χ3v) is 8.47. The Morgan fingerprint density at radius 3 is 1.87 bits per heavy atom. The van der Waals surface area contributed by atoms with Gasteiger partial charge in [-0.3, -0.25) is 0 Å². The maximum Gasteiger partial charge on any atom is 0.501 e. The molecule has 30 heavy (non-hydrogen) atoms. The van der Waals surface area contributed by atoms with Gasteiger partial charge in [0, 0.05) is 0 Å². The fourth-order valence-corrected chi connectivity index (χ4v) is 6.28. The molecule has 2 aromatic carbocycles. The molecule has 0 N–H and O–H groups in total. The smallest absolute Gasteiger partial charge is 0.494 e. The number of rotatable bonds is 4. The summed E-state index contributed by atoms with van der Waals surface area (Å²) in [4.78, 5) is -0.741. The summed E-state index contributed by atoms with van der Waals surface area (Å²) < 4.78 is 68.8. The predicted molar refractivity (Wildman–Crippen MR) is 116 cm³/mol. The number of ether oxygens (including phenoxy) is 1. The maximum absolute atomic E-state index is 12.8. The zero-order valence-electron chi connectivity index (χ0n) is 15.8. The molecular weight excluding hydrogens is 549 g/mol. The van der Waals surface area contributed by atoms with Crippen molar-refractivity contribution in [3.8, 4) is 5.75 Å². The normalized spacial score (nSPS) is 18.2. The second-order valence-electron chi connectivity index (χ2n) is 7.76. The summed E-state index contributed by atoms with van der Waals surface area (Å²) in [6.45, 7) is 0. The van der Waals surface area contributed by atoms with Gasteiger partial charge < -0.3 is 4.74 Å². The highest BCUT2D eigenvalue weighted by Crippen LogP contribution is 2.63. The Morgan fingerprint density at radius 2 is 1.43 bits per heavy atom. The zero-order valence-corrected chi connectivity index (χ0v) is 19.8. The Morgan fingerprint density at radius 1 is 0.933 bits per heavy atom. The summed E-state index contributed by atoms with van der Waals surface area (Å²) in [7, 11) is -3.77. The van der Waals surface area contributed by atoms with Crippen LogP contribution in [-0.4, -0.2) is 21.0 Å². The Bertz CT molecular complexity index is 1130. The van der Waals surface area contributed by atoms with Gasteiger partial charge >= 0.3 is 5.51 Å². The van der Waals surface area contributed by atoms with Gasteiger partial charge in [0.05, 0.1) is 21.0 Å². The highest BCUT2D eigenvalue weighted by Gasteiger charge is 2.49. The van der Waals surface area contributed by atoms with Gasteiger partial charge in [0.2, 0.25) is 0 Å². The lowest BCUT2D eigenvalue weighted by Crippen LogP contribution is -2.23. The van der Waals surface area contributed by atoms with Crippen LogP contribution < -0.4 is 4.74 Å². The summed E-state index contributed by atoms with van der Waals surface area (Å²) in [5.41, 5.74) is -1.18. The lowest BCUT2D eigenvalue weighted by atomic mass is 9.97. The molecule has 0 aliphatic heterocycles. The molecule has 0 radical (unpaired) electrons. The van der Waals surface area contributed by atoms with Gasteiger partial charge in [-0.25, -0.2) is 8.42 Å². The van der Waals surface area contributed by atoms with Crippen LogP contribution in [-0.2, 0) is 9.84 Å². The first kappa shape index (κ1) is 21.9. The summed E-state index contributed by atoms with van der Waals surface area (Å²) in [6.07, 6.45) is 3.93. The SMILES string of the molecule is COc1c(Br)cc(C2=C(c3ccc(S(=O)(=O)C(F)(F)F)cc3)CC3(CC3)C2)cc1Br. The average Bonchev–Trinajstić information content (AvgIpc) is 3.31. The number of alkyl halides is 3. The molecule has 1 fully saturated rings. The molecule has 1 spiro atoms. The van der Waals surface area contributed by atoms with E-state index in [0.717, 1.165) is 69.0 Å². The molecule has 2 aliphatic carbocycles. The summed E-state index contributed by atoms with van der Waals surface area (Å²) >= 11 is 7.05. The van der Waals surface area contributed by atoms with Crippen molar-refractivity contribution < 1.29 is 26.3 Å². The van der Waals surface area contributed by atoms with Gasteiger partial charge in [-0.2, -0.15) is 13.2 Å². The summed E-state index contributed by atoms with van der Waals surface area (Å²) in [5, 5.41) is 0. The van der Waals surface area contributed by atoms with Crippen LogP contribution in [0.2, 0.25) is 0 Å². The van der Waals surface area contributed by atoms with E-state index in [9.17, 15) is 21.6 Å². The van der Waals surface area contributed by atoms with Crippen LogP contribution in [0.3, 0.4) is 0 Å². The second-order valence-corrected chi connectivity index (χ2v) is 11.4. The van der Waals surface area contributed by atoms with Gasteiger partial charge in [-0.15, -0.1) is 0 Å². The first-order valence-corrected chi connectivity index (χ1v) is 12.2. The van der Waals surface area contributed by atoms with Crippen molar-refractivity contribution in [1.82, 2.24) is 0 Å². The van der Waals surface area contributed by atoms with E-state index >= 15 is 0 Å². The van der Waals surface area contributed by atoms with Crippen molar-refractivity contribution in [3.05, 3.63) is 56.5 Å². The van der Waals surface area contributed by atoms with Crippen LogP contribution in [0.5, 0.6) is 5.75 Å². The summed E-state index contributed by atoms with van der Waals surface area (Å²) in [5.74, 6) is 0.682. The lowest BCUT2D eigenvalue weighted by molar-refractivity contribution is -0.0436. The third-order valence-electron chi connectivity index (χ3n) is 5.79. The quantitative estimate of drug-likeness (QED) is 0.401. The minimum atomic E-state index is -5.35. The first-order valence-electron chi connectivity index (χ1n) is 9.15. The van der Waals surface area contributed by atoms with E-state index in [1.807, 2.05) is 12.1 Å². The topological polar surface area (TPSA) is 43.4 Å². The monoisotopic (exact) mass is 564 g/mol. The van der Waals surface area contributed by atoms with Crippen LogP contribution in [0.4, 0.5) is 13.2 Å². The molecule has 0 atom stereocenters. The highest BCUT2D eigenvalue weighted by atomic mass is 79.9. The van der Waals surface area contributed by atoms with Crippen LogP contribution in [0.15, 0.2) is 50.2 Å². The minimum Gasteiger partial charge on any atom is -0.494 e. The third kappa shape index (κ3) is 3.73. The number of benzene rings is 2. The molecule has 9 heteroatoms. The number of halogens is 5. The van der Waals surface area contributed by atoms with Gasteiger partial charge in [-0.1, -0.05) is 12.1 Å². The van der Waals surface area contributed by atoms with Crippen molar-refractivity contribution >= 4 is 52.8 Å². The molecule has 0 saturated heterocycles. The molecule has 3 nitrogen and oxygen atoms in total. The maximum atomic E-state index is 12.8. The van der Waals surface area contributed by atoms with E-state index in [4.69, 9.17) is 4.74 Å². The fraction of sp³-hybridized carbons (Fsp3) is 0.333. The number of hydrogen-bond donors (Lipinski definition) is 0. The molecular formula is C21H17Br2F3O3S. The van der Waals surface area contributed by atoms with E-state index < -0.39 is 20.2 Å². The summed E-state index contributed by atoms with van der Waals surface area (Å²) in [6, 6.07) is 8.98. The van der Waals surface area contributed by atoms with E-state index in [1.54, 1.807) is 7.11 Å².